The van der Waals surface area contributed by atoms with E-state index in [1.165, 1.54) is 0 Å². The van der Waals surface area contributed by atoms with Crippen LogP contribution < -0.4 is 14.2 Å². The first-order chi connectivity index (χ1) is 9.22. The molecule has 0 radical (unpaired) electrons. The lowest BCUT2D eigenvalue weighted by atomic mass is 10.2. The number of alkyl halides is 1. The van der Waals surface area contributed by atoms with E-state index in [0.717, 1.165) is 11.3 Å². The number of fused-ring (bicyclic) bond motifs is 1. The lowest BCUT2D eigenvalue weighted by Gasteiger charge is -2.06. The van der Waals surface area contributed by atoms with Crippen molar-refractivity contribution >= 4 is 11.6 Å². The van der Waals surface area contributed by atoms with Gasteiger partial charge in [0.25, 0.3) is 0 Å². The highest BCUT2D eigenvalue weighted by Gasteiger charge is 2.22. The normalized spacial score (nSPS) is 12.8. The highest BCUT2D eigenvalue weighted by atomic mass is 35.5. The van der Waals surface area contributed by atoms with E-state index in [2.05, 4.69) is 4.98 Å². The molecule has 1 aliphatic rings. The van der Waals surface area contributed by atoms with E-state index in [1.807, 2.05) is 13.0 Å². The molecule has 0 N–H and O–H groups in total. The lowest BCUT2D eigenvalue weighted by molar-refractivity contribution is 0.171. The van der Waals surface area contributed by atoms with Crippen LogP contribution in [0.4, 0.5) is 0 Å². The maximum Gasteiger partial charge on any atom is 0.231 e. The van der Waals surface area contributed by atoms with Crippen molar-refractivity contribution in [2.45, 2.75) is 12.8 Å². The summed E-state index contributed by atoms with van der Waals surface area (Å²) in [5, 5.41) is 0. The third kappa shape index (κ3) is 2.00. The van der Waals surface area contributed by atoms with Gasteiger partial charge in [-0.3, -0.25) is 0 Å². The molecule has 2 aromatic rings. The molecule has 0 fully saturated rings. The summed E-state index contributed by atoms with van der Waals surface area (Å²) in [5.41, 5.74) is 1.49. The zero-order valence-corrected chi connectivity index (χ0v) is 11.3. The molecular formula is C13H12ClNO4. The molecule has 100 valence electrons. The Balaban J connectivity index is 2.09. The fraction of sp³-hybridized carbons (Fsp3) is 0.308. The average Bonchev–Trinajstić information content (AvgIpc) is 3.03. The fourth-order valence-electron chi connectivity index (χ4n) is 1.93. The molecule has 0 saturated heterocycles. The average molecular weight is 282 g/mol. The number of halogens is 1. The minimum atomic E-state index is 0.187. The summed E-state index contributed by atoms with van der Waals surface area (Å²) in [4.78, 5) is 4.35. The van der Waals surface area contributed by atoms with Gasteiger partial charge in [-0.15, -0.1) is 11.6 Å². The Bertz CT molecular complexity index is 623. The lowest BCUT2D eigenvalue weighted by Crippen LogP contribution is -1.93. The van der Waals surface area contributed by atoms with Crippen molar-refractivity contribution in [1.82, 2.24) is 4.98 Å². The Kier molecular flexibility index (Phi) is 2.98. The van der Waals surface area contributed by atoms with Gasteiger partial charge in [0.05, 0.1) is 18.7 Å². The van der Waals surface area contributed by atoms with Crippen LogP contribution in [0.15, 0.2) is 16.5 Å². The first-order valence-electron chi connectivity index (χ1n) is 5.73. The van der Waals surface area contributed by atoms with Crippen LogP contribution in [-0.4, -0.2) is 18.9 Å². The summed E-state index contributed by atoms with van der Waals surface area (Å²) in [6, 6.07) is 3.62. The van der Waals surface area contributed by atoms with Crippen molar-refractivity contribution in [3.8, 4) is 28.7 Å². The van der Waals surface area contributed by atoms with E-state index >= 15 is 0 Å². The maximum atomic E-state index is 5.79. The molecule has 3 rings (SSSR count). The molecule has 0 atom stereocenters. The second-order valence-electron chi connectivity index (χ2n) is 4.07. The Morgan fingerprint density at radius 1 is 1.37 bits per heavy atom. The fourth-order valence-corrected chi connectivity index (χ4v) is 2.18. The van der Waals surface area contributed by atoms with Gasteiger partial charge in [0, 0.05) is 5.56 Å². The number of oxazole rings is 1. The number of hydrogen-bond donors (Lipinski definition) is 0. The van der Waals surface area contributed by atoms with Crippen molar-refractivity contribution < 1.29 is 18.6 Å². The number of methoxy groups -OCH3 is 1. The van der Waals surface area contributed by atoms with Crippen molar-refractivity contribution in [2.75, 3.05) is 13.9 Å². The molecule has 0 unspecified atom stereocenters. The van der Waals surface area contributed by atoms with Crippen molar-refractivity contribution in [3.63, 3.8) is 0 Å². The van der Waals surface area contributed by atoms with Gasteiger partial charge in [-0.25, -0.2) is 4.98 Å². The second-order valence-corrected chi connectivity index (χ2v) is 4.34. The number of aromatic nitrogens is 1. The van der Waals surface area contributed by atoms with Gasteiger partial charge in [-0.2, -0.15) is 0 Å². The standard InChI is InChI=1S/C13H12ClNO4/c1-7-9(5-14)15-13(19-7)8-3-10(16-2)12-11(4-8)17-6-18-12/h3-4H,5-6H2,1-2H3. The highest BCUT2D eigenvalue weighted by molar-refractivity contribution is 6.17. The van der Waals surface area contributed by atoms with E-state index in [0.29, 0.717) is 34.8 Å². The van der Waals surface area contributed by atoms with E-state index in [1.54, 1.807) is 13.2 Å². The number of hydrogen-bond acceptors (Lipinski definition) is 5. The third-order valence-electron chi connectivity index (χ3n) is 2.92. The summed E-state index contributed by atoms with van der Waals surface area (Å²) in [6.07, 6.45) is 0. The van der Waals surface area contributed by atoms with Gasteiger partial charge < -0.3 is 18.6 Å². The van der Waals surface area contributed by atoms with Crippen molar-refractivity contribution in [2.24, 2.45) is 0 Å². The first-order valence-corrected chi connectivity index (χ1v) is 6.26. The predicted molar refractivity (Wildman–Crippen MR) is 68.9 cm³/mol. The van der Waals surface area contributed by atoms with Crippen LogP contribution in [0.2, 0.25) is 0 Å². The molecule has 1 aromatic heterocycles. The zero-order chi connectivity index (χ0) is 13.4. The van der Waals surface area contributed by atoms with Gasteiger partial charge in [0.1, 0.15) is 5.76 Å². The summed E-state index contributed by atoms with van der Waals surface area (Å²) < 4.78 is 21.6. The van der Waals surface area contributed by atoms with Crippen molar-refractivity contribution in [1.29, 1.82) is 0 Å². The topological polar surface area (TPSA) is 53.7 Å². The Morgan fingerprint density at radius 2 is 2.21 bits per heavy atom. The van der Waals surface area contributed by atoms with Gasteiger partial charge in [-0.1, -0.05) is 0 Å². The largest absolute Gasteiger partial charge is 0.493 e. The first kappa shape index (κ1) is 12.2. The van der Waals surface area contributed by atoms with Crippen LogP contribution in [0.5, 0.6) is 17.2 Å². The molecule has 2 heterocycles. The number of rotatable bonds is 3. The number of benzene rings is 1. The molecule has 1 aromatic carbocycles. The molecular weight excluding hydrogens is 270 g/mol. The molecule has 19 heavy (non-hydrogen) atoms. The maximum absolute atomic E-state index is 5.79. The molecule has 0 saturated carbocycles. The van der Waals surface area contributed by atoms with Crippen molar-refractivity contribution in [3.05, 3.63) is 23.6 Å². The minimum Gasteiger partial charge on any atom is -0.493 e. The van der Waals surface area contributed by atoms with Crippen LogP contribution in [-0.2, 0) is 5.88 Å². The number of aryl methyl sites for hydroxylation is 1. The zero-order valence-electron chi connectivity index (χ0n) is 10.5. The van der Waals surface area contributed by atoms with Gasteiger partial charge in [-0.05, 0) is 19.1 Å². The molecule has 0 amide bonds. The van der Waals surface area contributed by atoms with Gasteiger partial charge >= 0.3 is 0 Å². The summed E-state index contributed by atoms with van der Waals surface area (Å²) in [7, 11) is 1.58. The summed E-state index contributed by atoms with van der Waals surface area (Å²) in [5.74, 6) is 3.33. The number of nitrogens with zero attached hydrogens (tertiary/aromatic N) is 1. The Morgan fingerprint density at radius 3 is 2.89 bits per heavy atom. The van der Waals surface area contributed by atoms with Crippen LogP contribution in [0.25, 0.3) is 11.5 Å². The highest BCUT2D eigenvalue weighted by Crippen LogP contribution is 2.44. The monoisotopic (exact) mass is 281 g/mol. The van der Waals surface area contributed by atoms with E-state index in [9.17, 15) is 0 Å². The smallest absolute Gasteiger partial charge is 0.231 e. The van der Waals surface area contributed by atoms with Gasteiger partial charge in [0.15, 0.2) is 11.5 Å². The van der Waals surface area contributed by atoms with E-state index in [4.69, 9.17) is 30.2 Å². The predicted octanol–water partition coefficient (Wildman–Crippen LogP) is 3.13. The van der Waals surface area contributed by atoms with E-state index in [-0.39, 0.29) is 6.79 Å². The third-order valence-corrected chi connectivity index (χ3v) is 3.18. The molecule has 1 aliphatic heterocycles. The quantitative estimate of drug-likeness (QED) is 0.809. The minimum absolute atomic E-state index is 0.187. The molecule has 0 aliphatic carbocycles. The van der Waals surface area contributed by atoms with Crippen LogP contribution in [0.3, 0.4) is 0 Å². The van der Waals surface area contributed by atoms with Crippen LogP contribution >= 0.6 is 11.6 Å². The molecule has 5 nitrogen and oxygen atoms in total. The van der Waals surface area contributed by atoms with Gasteiger partial charge in [0.2, 0.25) is 18.4 Å². The molecule has 0 bridgehead atoms. The molecule has 0 spiro atoms. The summed E-state index contributed by atoms with van der Waals surface area (Å²) >= 11 is 5.79. The SMILES string of the molecule is COc1cc(-c2nc(CCl)c(C)o2)cc2c1OCO2. The summed E-state index contributed by atoms with van der Waals surface area (Å²) in [6.45, 7) is 2.02. The Labute approximate surface area is 115 Å². The van der Waals surface area contributed by atoms with Crippen LogP contribution in [0, 0.1) is 6.92 Å². The number of ether oxygens (including phenoxy) is 3. The van der Waals surface area contributed by atoms with E-state index < -0.39 is 0 Å². The molecule has 6 heteroatoms. The second kappa shape index (κ2) is 4.66. The van der Waals surface area contributed by atoms with Crippen LogP contribution in [0.1, 0.15) is 11.5 Å². The Hall–Kier alpha value is -1.88.